The lowest BCUT2D eigenvalue weighted by Crippen LogP contribution is -2.02. The monoisotopic (exact) mass is 228 g/mol. The van der Waals surface area contributed by atoms with Gasteiger partial charge in [0.15, 0.2) is 5.78 Å². The summed E-state index contributed by atoms with van der Waals surface area (Å²) in [5.74, 6) is 1.99. The zero-order chi connectivity index (χ0) is 10.6. The van der Waals surface area contributed by atoms with Crippen molar-refractivity contribution in [1.29, 1.82) is 0 Å². The van der Waals surface area contributed by atoms with E-state index in [4.69, 9.17) is 0 Å². The second kappa shape index (κ2) is 5.56. The Labute approximate surface area is 93.9 Å². The molecule has 1 aromatic heterocycles. The van der Waals surface area contributed by atoms with Gasteiger partial charge in [-0.1, -0.05) is 6.92 Å². The van der Waals surface area contributed by atoms with Crippen LogP contribution in [0.15, 0.2) is 6.07 Å². The van der Waals surface area contributed by atoms with Crippen molar-refractivity contribution in [2.75, 3.05) is 11.5 Å². The Morgan fingerprint density at radius 2 is 2.21 bits per heavy atom. The maximum absolute atomic E-state index is 11.7. The van der Waals surface area contributed by atoms with Gasteiger partial charge in [-0.15, -0.1) is 11.3 Å². The number of thioether (sulfide) groups is 1. The maximum Gasteiger partial charge on any atom is 0.173 e. The standard InChI is InChI=1S/C11H16OS2/c1-4-5-13-7-11(12)10-6-8(2)14-9(10)3/h6H,4-5,7H2,1-3H3. The predicted molar refractivity (Wildman–Crippen MR) is 65.7 cm³/mol. The first kappa shape index (κ1) is 11.8. The molecule has 1 aromatic rings. The molecule has 0 saturated carbocycles. The van der Waals surface area contributed by atoms with Crippen molar-refractivity contribution in [3.8, 4) is 0 Å². The normalized spacial score (nSPS) is 10.5. The lowest BCUT2D eigenvalue weighted by molar-refractivity contribution is 0.102. The topological polar surface area (TPSA) is 17.1 Å². The number of Topliss-reactive ketones (excluding diaryl/α,β-unsaturated/α-hetero) is 1. The SMILES string of the molecule is CCCSCC(=O)c1cc(C)sc1C. The highest BCUT2D eigenvalue weighted by molar-refractivity contribution is 7.99. The van der Waals surface area contributed by atoms with Gasteiger partial charge in [0.2, 0.25) is 0 Å². The molecule has 3 heteroatoms. The van der Waals surface area contributed by atoms with Crippen molar-refractivity contribution in [3.05, 3.63) is 21.4 Å². The lowest BCUT2D eigenvalue weighted by Gasteiger charge is -1.98. The van der Waals surface area contributed by atoms with E-state index >= 15 is 0 Å². The van der Waals surface area contributed by atoms with Gasteiger partial charge < -0.3 is 0 Å². The number of thiophene rings is 1. The first-order valence-electron chi connectivity index (χ1n) is 4.83. The minimum Gasteiger partial charge on any atom is -0.293 e. The molecule has 0 aliphatic carbocycles. The molecule has 0 saturated heterocycles. The lowest BCUT2D eigenvalue weighted by atomic mass is 10.2. The predicted octanol–water partition coefficient (Wildman–Crippen LogP) is 3.69. The molecule has 1 rings (SSSR count). The highest BCUT2D eigenvalue weighted by Crippen LogP contribution is 2.22. The van der Waals surface area contributed by atoms with Crippen molar-refractivity contribution < 1.29 is 4.79 Å². The molecule has 0 aromatic carbocycles. The highest BCUT2D eigenvalue weighted by atomic mass is 32.2. The van der Waals surface area contributed by atoms with Crippen LogP contribution in [0.3, 0.4) is 0 Å². The van der Waals surface area contributed by atoms with E-state index in [1.165, 1.54) is 4.88 Å². The van der Waals surface area contributed by atoms with Crippen molar-refractivity contribution in [3.63, 3.8) is 0 Å². The van der Waals surface area contributed by atoms with Crippen LogP contribution in [0, 0.1) is 13.8 Å². The largest absolute Gasteiger partial charge is 0.293 e. The van der Waals surface area contributed by atoms with E-state index in [1.807, 2.05) is 19.9 Å². The van der Waals surface area contributed by atoms with Crippen LogP contribution >= 0.6 is 23.1 Å². The van der Waals surface area contributed by atoms with Gasteiger partial charge in [-0.05, 0) is 32.1 Å². The Morgan fingerprint density at radius 1 is 1.50 bits per heavy atom. The Morgan fingerprint density at radius 3 is 2.71 bits per heavy atom. The van der Waals surface area contributed by atoms with Gasteiger partial charge >= 0.3 is 0 Å². The molecule has 0 spiro atoms. The molecule has 0 atom stereocenters. The van der Waals surface area contributed by atoms with Gasteiger partial charge in [0.05, 0.1) is 5.75 Å². The summed E-state index contributed by atoms with van der Waals surface area (Å²) in [6, 6.07) is 2.01. The number of aryl methyl sites for hydroxylation is 2. The third kappa shape index (κ3) is 3.14. The first-order valence-corrected chi connectivity index (χ1v) is 6.80. The molecule has 0 aliphatic heterocycles. The van der Waals surface area contributed by atoms with Gasteiger partial charge in [-0.3, -0.25) is 4.79 Å². The summed E-state index contributed by atoms with van der Waals surface area (Å²) >= 11 is 3.44. The van der Waals surface area contributed by atoms with E-state index in [1.54, 1.807) is 23.1 Å². The van der Waals surface area contributed by atoms with Crippen LogP contribution in [-0.2, 0) is 0 Å². The molecular formula is C11H16OS2. The quantitative estimate of drug-likeness (QED) is 0.565. The van der Waals surface area contributed by atoms with E-state index in [0.29, 0.717) is 5.75 Å². The molecule has 14 heavy (non-hydrogen) atoms. The van der Waals surface area contributed by atoms with Crippen molar-refractivity contribution in [2.24, 2.45) is 0 Å². The minimum atomic E-state index is 0.283. The van der Waals surface area contributed by atoms with Crippen LogP contribution in [0.5, 0.6) is 0 Å². The van der Waals surface area contributed by atoms with Crippen LogP contribution in [0.2, 0.25) is 0 Å². The smallest absolute Gasteiger partial charge is 0.173 e. The highest BCUT2D eigenvalue weighted by Gasteiger charge is 2.11. The Balaban J connectivity index is 2.56. The molecular weight excluding hydrogens is 212 g/mol. The van der Waals surface area contributed by atoms with E-state index in [2.05, 4.69) is 6.92 Å². The van der Waals surface area contributed by atoms with Gasteiger partial charge in [0.25, 0.3) is 0 Å². The maximum atomic E-state index is 11.7. The second-order valence-electron chi connectivity index (χ2n) is 3.30. The minimum absolute atomic E-state index is 0.283. The zero-order valence-electron chi connectivity index (χ0n) is 8.92. The van der Waals surface area contributed by atoms with Crippen LogP contribution < -0.4 is 0 Å². The summed E-state index contributed by atoms with van der Waals surface area (Å²) in [4.78, 5) is 14.1. The van der Waals surface area contributed by atoms with Crippen LogP contribution in [0.25, 0.3) is 0 Å². The summed E-state index contributed by atoms with van der Waals surface area (Å²) in [6.07, 6.45) is 1.14. The molecule has 78 valence electrons. The average Bonchev–Trinajstić information content (AvgIpc) is 2.45. The Hall–Kier alpha value is -0.280. The van der Waals surface area contributed by atoms with Gasteiger partial charge in [-0.25, -0.2) is 0 Å². The molecule has 0 amide bonds. The van der Waals surface area contributed by atoms with Crippen molar-refractivity contribution in [1.82, 2.24) is 0 Å². The fraction of sp³-hybridized carbons (Fsp3) is 0.545. The van der Waals surface area contributed by atoms with Crippen molar-refractivity contribution >= 4 is 28.9 Å². The number of ketones is 1. The van der Waals surface area contributed by atoms with Gasteiger partial charge in [0.1, 0.15) is 0 Å². The molecule has 0 radical (unpaired) electrons. The van der Waals surface area contributed by atoms with Gasteiger partial charge in [-0.2, -0.15) is 11.8 Å². The van der Waals surface area contributed by atoms with Crippen LogP contribution in [-0.4, -0.2) is 17.3 Å². The number of carbonyl (C=O) groups is 1. The second-order valence-corrected chi connectivity index (χ2v) is 5.87. The third-order valence-corrected chi connectivity index (χ3v) is 4.05. The molecule has 0 fully saturated rings. The molecule has 1 nitrogen and oxygen atoms in total. The number of hydrogen-bond donors (Lipinski definition) is 0. The summed E-state index contributed by atoms with van der Waals surface area (Å²) < 4.78 is 0. The third-order valence-electron chi connectivity index (χ3n) is 1.92. The average molecular weight is 228 g/mol. The molecule has 1 heterocycles. The molecule has 0 aliphatic rings. The van der Waals surface area contributed by atoms with Crippen molar-refractivity contribution in [2.45, 2.75) is 27.2 Å². The fourth-order valence-electron chi connectivity index (χ4n) is 1.29. The van der Waals surface area contributed by atoms with Gasteiger partial charge in [0, 0.05) is 15.3 Å². The summed E-state index contributed by atoms with van der Waals surface area (Å²) in [5, 5.41) is 0. The van der Waals surface area contributed by atoms with E-state index in [9.17, 15) is 4.79 Å². The van der Waals surface area contributed by atoms with Crippen LogP contribution in [0.1, 0.15) is 33.5 Å². The Bertz CT molecular complexity index is 315. The number of rotatable bonds is 5. The summed E-state index contributed by atoms with van der Waals surface area (Å²) in [7, 11) is 0. The molecule has 0 bridgehead atoms. The van der Waals surface area contributed by atoms with E-state index in [-0.39, 0.29) is 5.78 Å². The summed E-state index contributed by atoms with van der Waals surface area (Å²) in [6.45, 7) is 6.21. The first-order chi connectivity index (χ1) is 6.65. The summed E-state index contributed by atoms with van der Waals surface area (Å²) in [5.41, 5.74) is 0.927. The molecule has 0 unspecified atom stereocenters. The number of hydrogen-bond acceptors (Lipinski definition) is 3. The van der Waals surface area contributed by atoms with Crippen LogP contribution in [0.4, 0.5) is 0 Å². The zero-order valence-corrected chi connectivity index (χ0v) is 10.6. The Kier molecular flexibility index (Phi) is 4.69. The van der Waals surface area contributed by atoms with E-state index < -0.39 is 0 Å². The van der Waals surface area contributed by atoms with E-state index in [0.717, 1.165) is 22.6 Å². The number of carbonyl (C=O) groups excluding carboxylic acids is 1. The fourth-order valence-corrected chi connectivity index (χ4v) is 3.01. The molecule has 0 N–H and O–H groups in total.